The van der Waals surface area contributed by atoms with Crippen LogP contribution in [-0.4, -0.2) is 40.8 Å². The van der Waals surface area contributed by atoms with E-state index in [1.807, 2.05) is 45.1 Å². The third-order valence-corrected chi connectivity index (χ3v) is 3.39. The number of aliphatic imine (C=N–C) groups is 1. The van der Waals surface area contributed by atoms with Crippen molar-refractivity contribution in [2.45, 2.75) is 52.7 Å². The number of nitrogens with one attached hydrogen (secondary N) is 1. The maximum Gasteiger partial charge on any atom is 0.330 e. The Balaban J connectivity index is 5.15. The normalized spacial score (nSPS) is 17.2. The summed E-state index contributed by atoms with van der Waals surface area (Å²) in [7, 11) is 0. The van der Waals surface area contributed by atoms with Crippen LogP contribution in [0.3, 0.4) is 0 Å². The maximum atomic E-state index is 11.5. The highest BCUT2D eigenvalue weighted by Gasteiger charge is 2.16. The number of hydrogen-bond acceptors (Lipinski definition) is 3. The first kappa shape index (κ1) is 21.9. The summed E-state index contributed by atoms with van der Waals surface area (Å²) >= 11 is 0. The van der Waals surface area contributed by atoms with Crippen LogP contribution >= 0.6 is 0 Å². The SMILES string of the molecule is CC/C=C\C(=CC(NC(N)=NCC(C)C(C)O)C(=O)O)/C=C/CC. The van der Waals surface area contributed by atoms with Gasteiger partial charge in [0.1, 0.15) is 6.04 Å². The van der Waals surface area contributed by atoms with E-state index in [-0.39, 0.29) is 11.9 Å². The average molecular weight is 337 g/mol. The first-order valence-electron chi connectivity index (χ1n) is 8.33. The highest BCUT2D eigenvalue weighted by molar-refractivity contribution is 5.86. The molecule has 0 bridgehead atoms. The van der Waals surface area contributed by atoms with Gasteiger partial charge < -0.3 is 21.3 Å². The second kappa shape index (κ2) is 12.4. The summed E-state index contributed by atoms with van der Waals surface area (Å²) in [5, 5.41) is 21.5. The highest BCUT2D eigenvalue weighted by Crippen LogP contribution is 2.05. The number of rotatable bonds is 10. The zero-order chi connectivity index (χ0) is 18.5. The molecule has 0 spiro atoms. The lowest BCUT2D eigenvalue weighted by Gasteiger charge is -2.15. The summed E-state index contributed by atoms with van der Waals surface area (Å²) in [6.45, 7) is 7.88. The molecule has 0 radical (unpaired) electrons. The van der Waals surface area contributed by atoms with Gasteiger partial charge in [0.05, 0.1) is 6.10 Å². The van der Waals surface area contributed by atoms with Gasteiger partial charge in [0.25, 0.3) is 0 Å². The van der Waals surface area contributed by atoms with E-state index in [1.54, 1.807) is 13.0 Å². The fourth-order valence-electron chi connectivity index (χ4n) is 1.64. The number of hydrogen-bond donors (Lipinski definition) is 4. The number of nitrogens with zero attached hydrogens (tertiary/aromatic N) is 1. The molecule has 6 heteroatoms. The Hall–Kier alpha value is -2.08. The van der Waals surface area contributed by atoms with E-state index in [2.05, 4.69) is 10.3 Å². The van der Waals surface area contributed by atoms with Gasteiger partial charge in [-0.2, -0.15) is 0 Å². The Morgan fingerprint density at radius 2 is 1.75 bits per heavy atom. The van der Waals surface area contributed by atoms with Crippen molar-refractivity contribution < 1.29 is 15.0 Å². The van der Waals surface area contributed by atoms with E-state index in [9.17, 15) is 15.0 Å². The monoisotopic (exact) mass is 337 g/mol. The molecule has 0 aliphatic carbocycles. The second-order valence-corrected chi connectivity index (χ2v) is 5.69. The number of aliphatic carboxylic acids is 1. The van der Waals surface area contributed by atoms with Crippen LogP contribution in [0, 0.1) is 5.92 Å². The first-order chi connectivity index (χ1) is 11.3. The predicted molar refractivity (Wildman–Crippen MR) is 98.8 cm³/mol. The lowest BCUT2D eigenvalue weighted by molar-refractivity contribution is -0.137. The van der Waals surface area contributed by atoms with Crippen LogP contribution in [0.5, 0.6) is 0 Å². The third kappa shape index (κ3) is 9.84. The molecule has 0 aliphatic heterocycles. The minimum atomic E-state index is -1.04. The van der Waals surface area contributed by atoms with Gasteiger partial charge in [-0.25, -0.2) is 4.79 Å². The lowest BCUT2D eigenvalue weighted by atomic mass is 10.1. The van der Waals surface area contributed by atoms with Crippen molar-refractivity contribution in [3.8, 4) is 0 Å². The Morgan fingerprint density at radius 1 is 1.21 bits per heavy atom. The van der Waals surface area contributed by atoms with Crippen LogP contribution in [0.1, 0.15) is 40.5 Å². The van der Waals surface area contributed by atoms with Crippen molar-refractivity contribution in [2.24, 2.45) is 16.6 Å². The van der Waals surface area contributed by atoms with Gasteiger partial charge in [-0.05, 0) is 31.4 Å². The zero-order valence-electron chi connectivity index (χ0n) is 15.1. The minimum Gasteiger partial charge on any atom is -0.479 e. The first-order valence-corrected chi connectivity index (χ1v) is 8.33. The molecule has 0 saturated heterocycles. The van der Waals surface area contributed by atoms with Gasteiger partial charge in [0.2, 0.25) is 0 Å². The van der Waals surface area contributed by atoms with Crippen LogP contribution < -0.4 is 11.1 Å². The summed E-state index contributed by atoms with van der Waals surface area (Å²) in [5.74, 6) is -1.05. The van der Waals surface area contributed by atoms with Gasteiger partial charge in [0, 0.05) is 12.5 Å². The maximum absolute atomic E-state index is 11.5. The zero-order valence-corrected chi connectivity index (χ0v) is 15.1. The van der Waals surface area contributed by atoms with Crippen LogP contribution in [0.25, 0.3) is 0 Å². The molecule has 0 aromatic rings. The molecule has 3 atom stereocenters. The van der Waals surface area contributed by atoms with Crippen LogP contribution in [0.2, 0.25) is 0 Å². The average Bonchev–Trinajstić information content (AvgIpc) is 2.53. The van der Waals surface area contributed by atoms with E-state index < -0.39 is 18.1 Å². The molecule has 0 aromatic carbocycles. The Morgan fingerprint density at radius 3 is 2.17 bits per heavy atom. The molecule has 3 unspecified atom stereocenters. The topological polar surface area (TPSA) is 108 Å². The Bertz CT molecular complexity index is 478. The number of guanidine groups is 1. The molecule has 5 N–H and O–H groups in total. The number of aliphatic hydroxyl groups excluding tert-OH is 1. The molecule has 136 valence electrons. The van der Waals surface area contributed by atoms with Crippen molar-refractivity contribution in [2.75, 3.05) is 6.54 Å². The predicted octanol–water partition coefficient (Wildman–Crippen LogP) is 2.22. The molecule has 0 amide bonds. The van der Waals surface area contributed by atoms with Gasteiger partial charge in [-0.1, -0.05) is 45.1 Å². The molecule has 0 aliphatic rings. The van der Waals surface area contributed by atoms with Gasteiger partial charge in [-0.3, -0.25) is 4.99 Å². The molecule has 0 heterocycles. The van der Waals surface area contributed by atoms with E-state index in [4.69, 9.17) is 5.73 Å². The molecule has 0 saturated carbocycles. The quantitative estimate of drug-likeness (QED) is 0.278. The molecular formula is C18H31N3O3. The fraction of sp³-hybridized carbons (Fsp3) is 0.556. The van der Waals surface area contributed by atoms with Crippen molar-refractivity contribution in [3.63, 3.8) is 0 Å². The largest absolute Gasteiger partial charge is 0.479 e. The molecule has 0 aromatic heterocycles. The number of carboxylic acids is 1. The summed E-state index contributed by atoms with van der Waals surface area (Å²) in [6, 6.07) is -0.978. The summed E-state index contributed by atoms with van der Waals surface area (Å²) < 4.78 is 0. The van der Waals surface area contributed by atoms with E-state index in [0.717, 1.165) is 18.4 Å². The van der Waals surface area contributed by atoms with Crippen molar-refractivity contribution in [1.29, 1.82) is 0 Å². The standard InChI is InChI=1S/C18H31N3O3/c1-5-7-9-15(10-8-6-2)11-16(17(23)24)21-18(19)20-12-13(3)14(4)22/h7-11,13-14,16,22H,5-6,12H2,1-4H3,(H,23,24)(H3,19,20,21)/b9-7-,10-8+,15-11?. The Labute approximate surface area is 144 Å². The Kier molecular flexibility index (Phi) is 11.3. The summed E-state index contributed by atoms with van der Waals surface area (Å²) in [5.41, 5.74) is 6.56. The van der Waals surface area contributed by atoms with Crippen LogP contribution in [0.15, 0.2) is 40.9 Å². The lowest BCUT2D eigenvalue weighted by Crippen LogP contribution is -2.44. The number of nitrogens with two attached hydrogens (primary N) is 1. The highest BCUT2D eigenvalue weighted by atomic mass is 16.4. The number of carboxylic acid groups (broad SMARTS) is 1. The van der Waals surface area contributed by atoms with E-state index >= 15 is 0 Å². The number of allylic oxidation sites excluding steroid dienone is 5. The summed E-state index contributed by atoms with van der Waals surface area (Å²) in [6.07, 6.45) is 10.5. The smallest absolute Gasteiger partial charge is 0.330 e. The third-order valence-electron chi connectivity index (χ3n) is 3.39. The second-order valence-electron chi connectivity index (χ2n) is 5.69. The van der Waals surface area contributed by atoms with Gasteiger partial charge in [0.15, 0.2) is 5.96 Å². The van der Waals surface area contributed by atoms with Gasteiger partial charge >= 0.3 is 5.97 Å². The molecule has 0 fully saturated rings. The van der Waals surface area contributed by atoms with Crippen LogP contribution in [-0.2, 0) is 4.79 Å². The van der Waals surface area contributed by atoms with E-state index in [0.29, 0.717) is 6.54 Å². The fourth-order valence-corrected chi connectivity index (χ4v) is 1.64. The molecule has 0 rings (SSSR count). The van der Waals surface area contributed by atoms with E-state index in [1.165, 1.54) is 0 Å². The summed E-state index contributed by atoms with van der Waals surface area (Å²) in [4.78, 5) is 15.6. The van der Waals surface area contributed by atoms with Crippen molar-refractivity contribution >= 4 is 11.9 Å². The number of aliphatic hydroxyl groups is 1. The van der Waals surface area contributed by atoms with Crippen molar-refractivity contribution in [1.82, 2.24) is 5.32 Å². The minimum absolute atomic E-state index is 0.0458. The van der Waals surface area contributed by atoms with Gasteiger partial charge in [-0.15, -0.1) is 0 Å². The van der Waals surface area contributed by atoms with Crippen LogP contribution in [0.4, 0.5) is 0 Å². The molecule has 6 nitrogen and oxygen atoms in total. The number of carbonyl (C=O) groups is 1. The molecule has 24 heavy (non-hydrogen) atoms. The van der Waals surface area contributed by atoms with Crippen molar-refractivity contribution in [3.05, 3.63) is 36.0 Å². The molecular weight excluding hydrogens is 306 g/mol.